The fourth-order valence-corrected chi connectivity index (χ4v) is 2.92. The number of nitrogens with two attached hydrogens (primary N) is 1. The minimum atomic E-state index is -0.0351. The average molecular weight is 304 g/mol. The highest BCUT2D eigenvalue weighted by Gasteiger charge is 2.24. The molecule has 2 heterocycles. The van der Waals surface area contributed by atoms with Gasteiger partial charge in [0.1, 0.15) is 0 Å². The van der Waals surface area contributed by atoms with Gasteiger partial charge in [0.2, 0.25) is 0 Å². The van der Waals surface area contributed by atoms with Crippen LogP contribution in [0.3, 0.4) is 0 Å². The fraction of sp³-hybridized carbons (Fsp3) is 0.111. The number of para-hydroxylation sites is 1. The van der Waals surface area contributed by atoms with Gasteiger partial charge in [0.15, 0.2) is 0 Å². The number of aromatic nitrogens is 2. The minimum absolute atomic E-state index is 0.0351. The van der Waals surface area contributed by atoms with Crippen molar-refractivity contribution < 1.29 is 4.79 Å². The summed E-state index contributed by atoms with van der Waals surface area (Å²) in [7, 11) is 0. The van der Waals surface area contributed by atoms with Crippen molar-refractivity contribution >= 4 is 17.3 Å². The number of hydrogen-bond donors (Lipinski definition) is 1. The van der Waals surface area contributed by atoms with Gasteiger partial charge in [0.05, 0.1) is 18.8 Å². The summed E-state index contributed by atoms with van der Waals surface area (Å²) < 4.78 is 1.94. The Morgan fingerprint density at radius 1 is 1.00 bits per heavy atom. The molecule has 1 amide bonds. The molecule has 0 spiro atoms. The van der Waals surface area contributed by atoms with E-state index in [1.165, 1.54) is 0 Å². The third-order valence-corrected chi connectivity index (χ3v) is 4.13. The predicted octanol–water partition coefficient (Wildman–Crippen LogP) is 2.67. The third kappa shape index (κ3) is 2.36. The average Bonchev–Trinajstić information content (AvgIpc) is 2.94. The Labute approximate surface area is 134 Å². The lowest BCUT2D eigenvalue weighted by atomic mass is 10.1. The van der Waals surface area contributed by atoms with E-state index in [2.05, 4.69) is 5.10 Å². The van der Waals surface area contributed by atoms with Crippen LogP contribution in [-0.2, 0) is 13.1 Å². The Morgan fingerprint density at radius 2 is 1.78 bits per heavy atom. The van der Waals surface area contributed by atoms with Crippen molar-refractivity contribution in [2.75, 3.05) is 10.6 Å². The Hall–Kier alpha value is -3.08. The third-order valence-electron chi connectivity index (χ3n) is 4.13. The topological polar surface area (TPSA) is 64.2 Å². The summed E-state index contributed by atoms with van der Waals surface area (Å²) in [6.45, 7) is 1.17. The molecule has 0 radical (unpaired) electrons. The van der Waals surface area contributed by atoms with Gasteiger partial charge in [-0.05, 0) is 42.0 Å². The first kappa shape index (κ1) is 13.6. The lowest BCUT2D eigenvalue weighted by Crippen LogP contribution is -2.30. The number of amides is 1. The number of anilines is 2. The number of carbonyl (C=O) groups is 1. The highest BCUT2D eigenvalue weighted by Crippen LogP contribution is 2.28. The molecule has 4 rings (SSSR count). The second-order valence-corrected chi connectivity index (χ2v) is 5.62. The van der Waals surface area contributed by atoms with Crippen LogP contribution in [0, 0.1) is 0 Å². The Balaban J connectivity index is 1.80. The summed E-state index contributed by atoms with van der Waals surface area (Å²) >= 11 is 0. The quantitative estimate of drug-likeness (QED) is 0.703. The molecule has 0 unspecified atom stereocenters. The van der Waals surface area contributed by atoms with Crippen molar-refractivity contribution in [1.82, 2.24) is 9.78 Å². The summed E-state index contributed by atoms with van der Waals surface area (Å²) in [6, 6.07) is 16.9. The number of rotatable bonds is 1. The van der Waals surface area contributed by atoms with Gasteiger partial charge in [0, 0.05) is 23.1 Å². The van der Waals surface area contributed by atoms with E-state index in [0.717, 1.165) is 16.9 Å². The second kappa shape index (κ2) is 5.28. The van der Waals surface area contributed by atoms with Crippen molar-refractivity contribution in [2.45, 2.75) is 13.1 Å². The number of hydrogen-bond acceptors (Lipinski definition) is 3. The zero-order valence-corrected chi connectivity index (χ0v) is 12.5. The van der Waals surface area contributed by atoms with Crippen LogP contribution in [0.5, 0.6) is 0 Å². The van der Waals surface area contributed by atoms with Crippen LogP contribution in [0.2, 0.25) is 0 Å². The molecule has 0 bridgehead atoms. The van der Waals surface area contributed by atoms with E-state index in [4.69, 9.17) is 5.73 Å². The molecule has 0 fully saturated rings. The molecule has 114 valence electrons. The van der Waals surface area contributed by atoms with Crippen LogP contribution in [0.25, 0.3) is 0 Å². The maximum Gasteiger partial charge on any atom is 0.258 e. The Bertz CT molecular complexity index is 867. The van der Waals surface area contributed by atoms with Gasteiger partial charge < -0.3 is 10.6 Å². The summed E-state index contributed by atoms with van der Waals surface area (Å²) in [6.07, 6.45) is 1.77. The van der Waals surface area contributed by atoms with Gasteiger partial charge in [-0.15, -0.1) is 0 Å². The SMILES string of the molecule is Nc1ccc(C(=O)N2Cc3ccnn3Cc3ccccc32)cc1. The number of fused-ring (bicyclic) bond motifs is 2. The first-order valence-corrected chi connectivity index (χ1v) is 7.48. The molecule has 2 aromatic carbocycles. The highest BCUT2D eigenvalue weighted by molar-refractivity contribution is 6.06. The normalized spacial score (nSPS) is 13.1. The molecule has 2 N–H and O–H groups in total. The van der Waals surface area contributed by atoms with Crippen LogP contribution >= 0.6 is 0 Å². The van der Waals surface area contributed by atoms with Crippen molar-refractivity contribution in [3.63, 3.8) is 0 Å². The lowest BCUT2D eigenvalue weighted by molar-refractivity contribution is 0.0985. The molecular formula is C18H16N4O. The van der Waals surface area contributed by atoms with E-state index >= 15 is 0 Å². The van der Waals surface area contributed by atoms with Gasteiger partial charge in [0.25, 0.3) is 5.91 Å². The summed E-state index contributed by atoms with van der Waals surface area (Å²) in [4.78, 5) is 14.8. The van der Waals surface area contributed by atoms with E-state index in [0.29, 0.717) is 24.3 Å². The first-order valence-electron chi connectivity index (χ1n) is 7.48. The number of benzene rings is 2. The molecular weight excluding hydrogens is 288 g/mol. The van der Waals surface area contributed by atoms with Crippen LogP contribution in [0.15, 0.2) is 60.8 Å². The highest BCUT2D eigenvalue weighted by atomic mass is 16.2. The molecule has 3 aromatic rings. The summed E-state index contributed by atoms with van der Waals surface area (Å²) in [5.74, 6) is -0.0351. The van der Waals surface area contributed by atoms with Gasteiger partial charge in [-0.2, -0.15) is 5.10 Å². The van der Waals surface area contributed by atoms with E-state index in [-0.39, 0.29) is 5.91 Å². The van der Waals surface area contributed by atoms with E-state index < -0.39 is 0 Å². The molecule has 1 aliphatic rings. The van der Waals surface area contributed by atoms with Gasteiger partial charge in [-0.25, -0.2) is 0 Å². The fourth-order valence-electron chi connectivity index (χ4n) is 2.92. The van der Waals surface area contributed by atoms with Crippen molar-refractivity contribution in [1.29, 1.82) is 0 Å². The maximum absolute atomic E-state index is 13.0. The predicted molar refractivity (Wildman–Crippen MR) is 89.1 cm³/mol. The van der Waals surface area contributed by atoms with Crippen molar-refractivity contribution in [3.05, 3.63) is 77.6 Å². The van der Waals surface area contributed by atoms with E-state index in [1.807, 2.05) is 35.0 Å². The van der Waals surface area contributed by atoms with Crippen molar-refractivity contribution in [2.24, 2.45) is 0 Å². The first-order chi connectivity index (χ1) is 11.2. The number of nitrogens with zero attached hydrogens (tertiary/aromatic N) is 3. The van der Waals surface area contributed by atoms with Gasteiger partial charge in [-0.3, -0.25) is 9.48 Å². The van der Waals surface area contributed by atoms with Crippen molar-refractivity contribution in [3.8, 4) is 0 Å². The maximum atomic E-state index is 13.0. The second-order valence-electron chi connectivity index (χ2n) is 5.62. The smallest absolute Gasteiger partial charge is 0.258 e. The van der Waals surface area contributed by atoms with E-state index in [1.54, 1.807) is 35.4 Å². The summed E-state index contributed by atoms with van der Waals surface area (Å²) in [5, 5.41) is 4.36. The standard InChI is InChI=1S/C18H16N4O/c19-15-7-5-13(6-8-15)18(23)21-12-16-9-10-20-22(16)11-14-3-1-2-4-17(14)21/h1-10H,11-12,19H2. The zero-order valence-electron chi connectivity index (χ0n) is 12.5. The van der Waals surface area contributed by atoms with Gasteiger partial charge in [-0.1, -0.05) is 18.2 Å². The van der Waals surface area contributed by atoms with Crippen LogP contribution < -0.4 is 10.6 Å². The number of carbonyl (C=O) groups excluding carboxylic acids is 1. The number of nitrogen functional groups attached to an aromatic ring is 1. The minimum Gasteiger partial charge on any atom is -0.399 e. The zero-order chi connectivity index (χ0) is 15.8. The summed E-state index contributed by atoms with van der Waals surface area (Å²) in [5.41, 5.74) is 10.0. The molecule has 1 aliphatic heterocycles. The molecule has 5 heteroatoms. The molecule has 0 saturated carbocycles. The Morgan fingerprint density at radius 3 is 2.61 bits per heavy atom. The Kier molecular flexibility index (Phi) is 3.12. The lowest BCUT2D eigenvalue weighted by Gasteiger charge is -2.22. The van der Waals surface area contributed by atoms with E-state index in [9.17, 15) is 4.79 Å². The molecule has 0 aliphatic carbocycles. The molecule has 1 aromatic heterocycles. The van der Waals surface area contributed by atoms with Crippen LogP contribution in [0.4, 0.5) is 11.4 Å². The molecule has 0 atom stereocenters. The van der Waals surface area contributed by atoms with Gasteiger partial charge >= 0.3 is 0 Å². The van der Waals surface area contributed by atoms with Crippen LogP contribution in [-0.4, -0.2) is 15.7 Å². The monoisotopic (exact) mass is 304 g/mol. The molecule has 5 nitrogen and oxygen atoms in total. The van der Waals surface area contributed by atoms with Crippen LogP contribution in [0.1, 0.15) is 21.6 Å². The molecule has 23 heavy (non-hydrogen) atoms. The molecule has 0 saturated heterocycles. The largest absolute Gasteiger partial charge is 0.399 e.